The summed E-state index contributed by atoms with van der Waals surface area (Å²) in [5.74, 6) is -0.841. The molecule has 146 valence electrons. The van der Waals surface area contributed by atoms with E-state index in [9.17, 15) is 14.4 Å². The third-order valence-corrected chi connectivity index (χ3v) is 5.39. The van der Waals surface area contributed by atoms with Crippen molar-refractivity contribution in [1.29, 1.82) is 0 Å². The van der Waals surface area contributed by atoms with Gasteiger partial charge in [0.1, 0.15) is 12.2 Å². The highest BCUT2D eigenvalue weighted by atomic mass is 16.6. The molecule has 0 N–H and O–H groups in total. The van der Waals surface area contributed by atoms with E-state index in [4.69, 9.17) is 9.47 Å². The Labute approximate surface area is 159 Å². The molecular weight excluding hydrogens is 348 g/mol. The average Bonchev–Trinajstić information content (AvgIpc) is 2.64. The average molecular weight is 374 g/mol. The number of hydrogen-bond acceptors (Lipinski definition) is 6. The van der Waals surface area contributed by atoms with Gasteiger partial charge in [0.2, 0.25) is 0 Å². The molecule has 1 aromatic heterocycles. The van der Waals surface area contributed by atoms with Gasteiger partial charge in [0.05, 0.1) is 17.6 Å². The predicted octanol–water partition coefficient (Wildman–Crippen LogP) is 2.27. The van der Waals surface area contributed by atoms with E-state index >= 15 is 0 Å². The molecule has 0 radical (unpaired) electrons. The smallest absolute Gasteiger partial charge is 0.302 e. The van der Waals surface area contributed by atoms with E-state index in [2.05, 4.69) is 4.98 Å². The van der Waals surface area contributed by atoms with Crippen molar-refractivity contribution in [3.8, 4) is 0 Å². The highest BCUT2D eigenvalue weighted by Gasteiger charge is 2.49. The molecule has 2 fully saturated rings. The van der Waals surface area contributed by atoms with Crippen LogP contribution in [0, 0.1) is 0 Å². The highest BCUT2D eigenvalue weighted by molar-refractivity contribution is 5.94. The number of fused-ring (bicyclic) bond motifs is 2. The number of ether oxygens (including phenoxy) is 2. The fraction of sp³-hybridized carbons (Fsp3) is 0.600. The molecule has 2 aliphatic rings. The number of nitrogens with zero attached hydrogens (tertiary/aromatic N) is 2. The number of aryl methyl sites for hydroxylation is 1. The minimum atomic E-state index is -0.345. The summed E-state index contributed by atoms with van der Waals surface area (Å²) in [5, 5.41) is 0. The van der Waals surface area contributed by atoms with Crippen molar-refractivity contribution < 1.29 is 23.9 Å². The molecule has 7 heteroatoms. The van der Waals surface area contributed by atoms with E-state index in [0.29, 0.717) is 31.2 Å². The Hall–Kier alpha value is -2.44. The molecule has 2 bridgehead atoms. The minimum absolute atomic E-state index is 0.151. The van der Waals surface area contributed by atoms with Crippen molar-refractivity contribution in [1.82, 2.24) is 9.88 Å². The largest absolute Gasteiger partial charge is 0.460 e. The second kappa shape index (κ2) is 8.06. The monoisotopic (exact) mass is 374 g/mol. The van der Waals surface area contributed by atoms with Gasteiger partial charge in [0, 0.05) is 26.2 Å². The van der Waals surface area contributed by atoms with Crippen LogP contribution in [0.25, 0.3) is 0 Å². The molecule has 0 aliphatic carbocycles. The Bertz CT molecular complexity index is 703. The molecule has 4 atom stereocenters. The van der Waals surface area contributed by atoms with Gasteiger partial charge in [-0.3, -0.25) is 19.4 Å². The molecule has 3 rings (SSSR count). The molecule has 27 heavy (non-hydrogen) atoms. The summed E-state index contributed by atoms with van der Waals surface area (Å²) in [7, 11) is 0. The zero-order valence-corrected chi connectivity index (χ0v) is 16.0. The van der Waals surface area contributed by atoms with E-state index in [1.54, 1.807) is 17.3 Å². The molecule has 0 aromatic carbocycles. The van der Waals surface area contributed by atoms with E-state index in [-0.39, 0.29) is 42.1 Å². The molecule has 0 spiro atoms. The van der Waals surface area contributed by atoms with Gasteiger partial charge >= 0.3 is 11.9 Å². The first-order valence-corrected chi connectivity index (χ1v) is 9.51. The standard InChI is InChI=1S/C20H26N2O5/c1-4-14-9-15(11-21-10-14)20(25)22-16-6-8-19(27-13(3)24)17(22)5-7-18(16)26-12(2)23/h9-11,16-19H,4-8H2,1-3H3/t16-,17-,18-,19-/m1/s1. The third kappa shape index (κ3) is 4.12. The summed E-state index contributed by atoms with van der Waals surface area (Å²) in [4.78, 5) is 42.3. The number of carbonyl (C=O) groups excluding carboxylic acids is 3. The van der Waals surface area contributed by atoms with E-state index in [1.165, 1.54) is 13.8 Å². The summed E-state index contributed by atoms with van der Waals surface area (Å²) in [5.41, 5.74) is 1.49. The van der Waals surface area contributed by atoms with Gasteiger partial charge in [-0.1, -0.05) is 6.92 Å². The number of rotatable bonds is 4. The van der Waals surface area contributed by atoms with E-state index in [1.807, 2.05) is 13.0 Å². The van der Waals surface area contributed by atoms with Gasteiger partial charge in [-0.2, -0.15) is 0 Å². The van der Waals surface area contributed by atoms with Crippen LogP contribution < -0.4 is 0 Å². The maximum absolute atomic E-state index is 13.3. The molecule has 3 heterocycles. The number of esters is 2. The first-order valence-electron chi connectivity index (χ1n) is 9.51. The van der Waals surface area contributed by atoms with E-state index < -0.39 is 0 Å². The summed E-state index contributed by atoms with van der Waals surface area (Å²) in [6, 6.07) is 1.43. The van der Waals surface area contributed by atoms with Crippen LogP contribution in [0.3, 0.4) is 0 Å². The Balaban J connectivity index is 1.92. The number of piperidine rings is 2. The number of aromatic nitrogens is 1. The quantitative estimate of drug-likeness (QED) is 0.752. The Morgan fingerprint density at radius 2 is 1.56 bits per heavy atom. The van der Waals surface area contributed by atoms with Crippen LogP contribution >= 0.6 is 0 Å². The lowest BCUT2D eigenvalue weighted by atomic mass is 9.80. The van der Waals surface area contributed by atoms with Crippen LogP contribution in [0.1, 0.15) is 62.4 Å². The Morgan fingerprint density at radius 1 is 1.00 bits per heavy atom. The predicted molar refractivity (Wildman–Crippen MR) is 96.9 cm³/mol. The third-order valence-electron chi connectivity index (χ3n) is 5.39. The molecule has 2 saturated heterocycles. The van der Waals surface area contributed by atoms with E-state index in [0.717, 1.165) is 12.0 Å². The van der Waals surface area contributed by atoms with Crippen LogP contribution in [0.5, 0.6) is 0 Å². The lowest BCUT2D eigenvalue weighted by Gasteiger charge is -2.51. The maximum Gasteiger partial charge on any atom is 0.302 e. The van der Waals surface area contributed by atoms with Crippen LogP contribution in [0.2, 0.25) is 0 Å². The van der Waals surface area contributed by atoms with Gasteiger partial charge in [-0.25, -0.2) is 0 Å². The number of hydrogen-bond donors (Lipinski definition) is 0. The van der Waals surface area contributed by atoms with Crippen LogP contribution in [-0.4, -0.2) is 52.0 Å². The van der Waals surface area contributed by atoms with Crippen LogP contribution in [0.4, 0.5) is 0 Å². The first-order chi connectivity index (χ1) is 12.9. The normalized spacial score (nSPS) is 27.0. The molecule has 1 amide bonds. The SMILES string of the molecule is CCc1cncc(C(=O)N2[C@@H]3CC[C@@H](OC(C)=O)[C@H]2CC[C@H]3OC(C)=O)c1. The van der Waals surface area contributed by atoms with Crippen molar-refractivity contribution in [2.45, 2.75) is 77.2 Å². The Morgan fingerprint density at radius 3 is 2.04 bits per heavy atom. The summed E-state index contributed by atoms with van der Waals surface area (Å²) < 4.78 is 11.0. The molecule has 1 aromatic rings. The van der Waals surface area contributed by atoms with Gasteiger partial charge in [-0.05, 0) is 43.7 Å². The molecular formula is C20H26N2O5. The van der Waals surface area contributed by atoms with Gasteiger partial charge < -0.3 is 14.4 Å². The lowest BCUT2D eigenvalue weighted by Crippen LogP contribution is -2.63. The van der Waals surface area contributed by atoms with Crippen molar-refractivity contribution in [3.05, 3.63) is 29.6 Å². The Kier molecular flexibility index (Phi) is 5.77. The molecule has 0 saturated carbocycles. The van der Waals surface area contributed by atoms with Gasteiger partial charge in [-0.15, -0.1) is 0 Å². The molecule has 7 nitrogen and oxygen atoms in total. The maximum atomic E-state index is 13.3. The summed E-state index contributed by atoms with van der Waals surface area (Å²) in [6.45, 7) is 4.78. The number of pyridine rings is 1. The topological polar surface area (TPSA) is 85.8 Å². The zero-order valence-electron chi connectivity index (χ0n) is 16.0. The lowest BCUT2D eigenvalue weighted by molar-refractivity contribution is -0.166. The van der Waals surface area contributed by atoms with Crippen molar-refractivity contribution in [2.24, 2.45) is 0 Å². The zero-order chi connectivity index (χ0) is 19.6. The first kappa shape index (κ1) is 19.3. The summed E-state index contributed by atoms with van der Waals surface area (Å²) >= 11 is 0. The van der Waals surface area contributed by atoms with Crippen molar-refractivity contribution in [2.75, 3.05) is 0 Å². The van der Waals surface area contributed by atoms with Gasteiger partial charge in [0.25, 0.3) is 5.91 Å². The fourth-order valence-electron chi connectivity index (χ4n) is 4.26. The van der Waals surface area contributed by atoms with Crippen LogP contribution in [-0.2, 0) is 25.5 Å². The summed E-state index contributed by atoms with van der Waals surface area (Å²) in [6.07, 6.45) is 6.00. The van der Waals surface area contributed by atoms with Gasteiger partial charge in [0.15, 0.2) is 0 Å². The molecule has 0 unspecified atom stereocenters. The number of amides is 1. The van der Waals surface area contributed by atoms with Crippen LogP contribution in [0.15, 0.2) is 18.5 Å². The van der Waals surface area contributed by atoms with Crippen molar-refractivity contribution >= 4 is 17.8 Å². The second-order valence-corrected chi connectivity index (χ2v) is 7.23. The second-order valence-electron chi connectivity index (χ2n) is 7.23. The molecule has 2 aliphatic heterocycles. The minimum Gasteiger partial charge on any atom is -0.460 e. The van der Waals surface area contributed by atoms with Crippen molar-refractivity contribution in [3.63, 3.8) is 0 Å². The fourth-order valence-corrected chi connectivity index (χ4v) is 4.26. The highest BCUT2D eigenvalue weighted by Crippen LogP contribution is 2.38. The number of carbonyl (C=O) groups is 3.